The van der Waals surface area contributed by atoms with Crippen LogP contribution in [0.2, 0.25) is 0 Å². The Hall–Kier alpha value is -1.33. The van der Waals surface area contributed by atoms with Gasteiger partial charge in [-0.15, -0.1) is 0 Å². The first-order valence-corrected chi connectivity index (χ1v) is 14.1. The van der Waals surface area contributed by atoms with Gasteiger partial charge in [-0.1, -0.05) is 83.6 Å². The Bertz CT molecular complexity index is 489. The van der Waals surface area contributed by atoms with Crippen LogP contribution in [-0.4, -0.2) is 55.1 Å². The van der Waals surface area contributed by atoms with Crippen LogP contribution >= 0.6 is 0 Å². The van der Waals surface area contributed by atoms with Gasteiger partial charge in [-0.3, -0.25) is 0 Å². The molecule has 0 aromatic carbocycles. The van der Waals surface area contributed by atoms with Crippen LogP contribution in [0.5, 0.6) is 0 Å². The molecule has 1 N–H and O–H groups in total. The summed E-state index contributed by atoms with van der Waals surface area (Å²) in [6, 6.07) is 0. The standard InChI is InChI=1S/C29H55NO4/c1-4-7-8-9-10-11-12-13-14-15-16-17-18-19-20-21-23-28(24-26-31)34-29(32)33-27-22-25-30(5-2)6-3/h10-11,13-14,28,31H,4-9,12,15-27H2,1-3H3/b11-10-,14-13-. The Morgan fingerprint density at radius 1 is 0.794 bits per heavy atom. The van der Waals surface area contributed by atoms with Crippen molar-refractivity contribution < 1.29 is 19.4 Å². The maximum Gasteiger partial charge on any atom is 0.508 e. The number of carbonyl (C=O) groups is 1. The summed E-state index contributed by atoms with van der Waals surface area (Å²) in [7, 11) is 0. The topological polar surface area (TPSA) is 59.0 Å². The minimum absolute atomic E-state index is 0.0298. The van der Waals surface area contributed by atoms with E-state index in [0.717, 1.165) is 51.7 Å². The summed E-state index contributed by atoms with van der Waals surface area (Å²) in [5, 5.41) is 9.27. The van der Waals surface area contributed by atoms with Crippen LogP contribution in [0.1, 0.15) is 117 Å². The number of aliphatic hydroxyl groups excluding tert-OH is 1. The van der Waals surface area contributed by atoms with Gasteiger partial charge < -0.3 is 19.5 Å². The third kappa shape index (κ3) is 22.5. The second-order valence-corrected chi connectivity index (χ2v) is 9.10. The molecule has 0 bridgehead atoms. The molecular weight excluding hydrogens is 426 g/mol. The minimum atomic E-state index is -0.599. The molecule has 0 fully saturated rings. The number of ether oxygens (including phenoxy) is 2. The van der Waals surface area contributed by atoms with Crippen molar-refractivity contribution in [2.75, 3.05) is 32.8 Å². The van der Waals surface area contributed by atoms with E-state index in [4.69, 9.17) is 9.47 Å². The fraction of sp³-hybridized carbons (Fsp3) is 0.828. The average molecular weight is 482 g/mol. The molecular formula is C29H55NO4. The van der Waals surface area contributed by atoms with Gasteiger partial charge in [0.25, 0.3) is 0 Å². The number of allylic oxidation sites excluding steroid dienone is 4. The highest BCUT2D eigenvalue weighted by atomic mass is 16.7. The second kappa shape index (κ2) is 26.3. The van der Waals surface area contributed by atoms with Crippen molar-refractivity contribution in [2.24, 2.45) is 0 Å². The molecule has 0 aliphatic rings. The summed E-state index contributed by atoms with van der Waals surface area (Å²) in [6.45, 7) is 9.86. The normalized spacial score (nSPS) is 12.7. The maximum atomic E-state index is 11.9. The molecule has 5 nitrogen and oxygen atoms in total. The van der Waals surface area contributed by atoms with Gasteiger partial charge in [0.1, 0.15) is 6.10 Å². The van der Waals surface area contributed by atoms with Gasteiger partial charge in [0, 0.05) is 19.6 Å². The van der Waals surface area contributed by atoms with Crippen LogP contribution in [0.3, 0.4) is 0 Å². The molecule has 0 radical (unpaired) electrons. The van der Waals surface area contributed by atoms with Crippen LogP contribution in [0, 0.1) is 0 Å². The molecule has 1 atom stereocenters. The van der Waals surface area contributed by atoms with Gasteiger partial charge in [0.05, 0.1) is 6.61 Å². The number of nitrogens with zero attached hydrogens (tertiary/aromatic N) is 1. The van der Waals surface area contributed by atoms with Crippen LogP contribution in [0.15, 0.2) is 24.3 Å². The summed E-state index contributed by atoms with van der Waals surface area (Å²) in [5.41, 5.74) is 0. The van der Waals surface area contributed by atoms with E-state index in [1.807, 2.05) is 0 Å². The molecule has 1 unspecified atom stereocenters. The Kier molecular flexibility index (Phi) is 25.2. The van der Waals surface area contributed by atoms with Gasteiger partial charge in [-0.05, 0) is 64.5 Å². The maximum absolute atomic E-state index is 11.9. The number of carbonyl (C=O) groups excluding carboxylic acids is 1. The van der Waals surface area contributed by atoms with Crippen molar-refractivity contribution >= 4 is 6.16 Å². The van der Waals surface area contributed by atoms with E-state index in [1.54, 1.807) is 0 Å². The summed E-state index contributed by atoms with van der Waals surface area (Å²) >= 11 is 0. The van der Waals surface area contributed by atoms with E-state index in [2.05, 4.69) is 50.0 Å². The van der Waals surface area contributed by atoms with Crippen molar-refractivity contribution in [3.05, 3.63) is 24.3 Å². The fourth-order valence-electron chi connectivity index (χ4n) is 3.92. The zero-order valence-electron chi connectivity index (χ0n) is 22.6. The first kappa shape index (κ1) is 32.7. The van der Waals surface area contributed by atoms with Gasteiger partial charge >= 0.3 is 6.16 Å². The fourth-order valence-corrected chi connectivity index (χ4v) is 3.92. The third-order valence-corrected chi connectivity index (χ3v) is 6.17. The highest BCUT2D eigenvalue weighted by Crippen LogP contribution is 2.14. The number of rotatable bonds is 24. The lowest BCUT2D eigenvalue weighted by Crippen LogP contribution is -2.26. The van der Waals surface area contributed by atoms with E-state index in [-0.39, 0.29) is 12.7 Å². The molecule has 0 aliphatic heterocycles. The van der Waals surface area contributed by atoms with E-state index in [1.165, 1.54) is 57.8 Å². The lowest BCUT2D eigenvalue weighted by molar-refractivity contribution is 0.0104. The predicted molar refractivity (Wildman–Crippen MR) is 144 cm³/mol. The van der Waals surface area contributed by atoms with Crippen LogP contribution < -0.4 is 0 Å². The van der Waals surface area contributed by atoms with Crippen LogP contribution in [0.25, 0.3) is 0 Å². The van der Waals surface area contributed by atoms with Crippen molar-refractivity contribution in [3.63, 3.8) is 0 Å². The van der Waals surface area contributed by atoms with Gasteiger partial charge in [0.15, 0.2) is 0 Å². The highest BCUT2D eigenvalue weighted by Gasteiger charge is 2.15. The molecule has 0 aromatic heterocycles. The van der Waals surface area contributed by atoms with Gasteiger partial charge in [0.2, 0.25) is 0 Å². The molecule has 0 spiro atoms. The van der Waals surface area contributed by atoms with Crippen molar-refractivity contribution in [1.29, 1.82) is 0 Å². The number of unbranched alkanes of at least 4 members (excludes halogenated alkanes) is 9. The SMILES string of the molecule is CCCCC/C=C\C/C=C\CCCCCCCCC(CCO)OC(=O)OCCCN(CC)CC. The van der Waals surface area contributed by atoms with Crippen molar-refractivity contribution in [2.45, 2.75) is 123 Å². The highest BCUT2D eigenvalue weighted by molar-refractivity contribution is 5.60. The summed E-state index contributed by atoms with van der Waals surface area (Å²) < 4.78 is 10.6. The molecule has 0 heterocycles. The Morgan fingerprint density at radius 3 is 2.03 bits per heavy atom. The lowest BCUT2D eigenvalue weighted by Gasteiger charge is -2.18. The predicted octanol–water partition coefficient (Wildman–Crippen LogP) is 7.83. The van der Waals surface area contributed by atoms with Gasteiger partial charge in [-0.25, -0.2) is 4.79 Å². The van der Waals surface area contributed by atoms with E-state index in [0.29, 0.717) is 13.0 Å². The summed E-state index contributed by atoms with van der Waals surface area (Å²) in [4.78, 5) is 14.2. The lowest BCUT2D eigenvalue weighted by atomic mass is 10.0. The smallest absolute Gasteiger partial charge is 0.434 e. The first-order chi connectivity index (χ1) is 16.7. The molecule has 0 aromatic rings. The summed E-state index contributed by atoms with van der Waals surface area (Å²) in [5.74, 6) is 0. The molecule has 0 aliphatic carbocycles. The molecule has 0 saturated heterocycles. The largest absolute Gasteiger partial charge is 0.508 e. The second-order valence-electron chi connectivity index (χ2n) is 9.10. The number of hydrogen-bond donors (Lipinski definition) is 1. The zero-order valence-corrected chi connectivity index (χ0v) is 22.6. The van der Waals surface area contributed by atoms with Crippen molar-refractivity contribution in [1.82, 2.24) is 4.90 Å². The molecule has 34 heavy (non-hydrogen) atoms. The van der Waals surface area contributed by atoms with Crippen LogP contribution in [0.4, 0.5) is 4.79 Å². The first-order valence-electron chi connectivity index (χ1n) is 14.1. The van der Waals surface area contributed by atoms with E-state index >= 15 is 0 Å². The number of aliphatic hydroxyl groups is 1. The van der Waals surface area contributed by atoms with E-state index < -0.39 is 6.16 Å². The zero-order chi connectivity index (χ0) is 25.1. The third-order valence-electron chi connectivity index (χ3n) is 6.17. The number of hydrogen-bond acceptors (Lipinski definition) is 5. The molecule has 5 heteroatoms. The Morgan fingerprint density at radius 2 is 1.41 bits per heavy atom. The van der Waals surface area contributed by atoms with Gasteiger partial charge in [-0.2, -0.15) is 0 Å². The Labute approximate surface area is 211 Å². The monoisotopic (exact) mass is 481 g/mol. The average Bonchev–Trinajstić information content (AvgIpc) is 2.84. The minimum Gasteiger partial charge on any atom is -0.434 e. The molecule has 200 valence electrons. The molecule has 0 amide bonds. The molecule has 0 rings (SSSR count). The Balaban J connectivity index is 3.68. The van der Waals surface area contributed by atoms with Crippen molar-refractivity contribution in [3.8, 4) is 0 Å². The summed E-state index contributed by atoms with van der Waals surface area (Å²) in [6.07, 6.45) is 25.0. The quantitative estimate of drug-likeness (QED) is 0.0864. The van der Waals surface area contributed by atoms with Crippen LogP contribution in [-0.2, 0) is 9.47 Å². The molecule has 0 saturated carbocycles. The van der Waals surface area contributed by atoms with E-state index in [9.17, 15) is 9.90 Å².